The van der Waals surface area contributed by atoms with Crippen LogP contribution in [0.1, 0.15) is 34.1 Å². The van der Waals surface area contributed by atoms with Crippen molar-refractivity contribution < 1.29 is 9.90 Å². The normalized spacial score (nSPS) is 25.2. The summed E-state index contributed by atoms with van der Waals surface area (Å²) >= 11 is 0. The van der Waals surface area contributed by atoms with Crippen LogP contribution in [0.5, 0.6) is 0 Å². The highest BCUT2D eigenvalue weighted by Gasteiger charge is 2.34. The van der Waals surface area contributed by atoms with Crippen molar-refractivity contribution >= 4 is 5.78 Å². The molecule has 94 valence electrons. The Bertz CT molecular complexity index is 384. The van der Waals surface area contributed by atoms with Gasteiger partial charge in [-0.15, -0.1) is 0 Å². The second-order valence-corrected chi connectivity index (χ2v) is 5.49. The highest BCUT2D eigenvalue weighted by molar-refractivity contribution is 5.92. The third-order valence-corrected chi connectivity index (χ3v) is 3.32. The third kappa shape index (κ3) is 3.67. The molecule has 1 atom stereocenters. The molecule has 0 amide bonds. The van der Waals surface area contributed by atoms with Gasteiger partial charge in [-0.1, -0.05) is 43.2 Å². The van der Waals surface area contributed by atoms with Gasteiger partial charge in [0, 0.05) is 12.3 Å². The summed E-state index contributed by atoms with van der Waals surface area (Å²) in [5, 5.41) is 8.80. The second-order valence-electron chi connectivity index (χ2n) is 5.49. The van der Waals surface area contributed by atoms with Crippen molar-refractivity contribution in [2.45, 2.75) is 34.1 Å². The van der Waals surface area contributed by atoms with Crippen molar-refractivity contribution in [2.24, 2.45) is 11.3 Å². The molecule has 0 saturated heterocycles. The van der Waals surface area contributed by atoms with E-state index < -0.39 is 0 Å². The fourth-order valence-corrected chi connectivity index (χ4v) is 2.44. The van der Waals surface area contributed by atoms with E-state index in [4.69, 9.17) is 5.11 Å². The minimum atomic E-state index is -0.0219. The standard InChI is InChI=1S/C15H22O2/c1-11(7-8-16)5-6-14-12(2)9-13(17)10-15(14,3)4/h5-7,9,14,16H,8,10H2,1-4H3/b6-5+,11-7-. The second kappa shape index (κ2) is 5.46. The van der Waals surface area contributed by atoms with E-state index in [0.29, 0.717) is 12.3 Å². The van der Waals surface area contributed by atoms with Crippen LogP contribution in [-0.2, 0) is 4.79 Å². The van der Waals surface area contributed by atoms with Crippen LogP contribution in [0.4, 0.5) is 0 Å². The summed E-state index contributed by atoms with van der Waals surface area (Å²) in [5.74, 6) is 0.516. The van der Waals surface area contributed by atoms with Gasteiger partial charge in [0.25, 0.3) is 0 Å². The molecular formula is C15H22O2. The maximum absolute atomic E-state index is 11.5. The van der Waals surface area contributed by atoms with Gasteiger partial charge in [0.1, 0.15) is 0 Å². The summed E-state index contributed by atoms with van der Waals surface area (Å²) in [6.45, 7) is 8.30. The Kier molecular flexibility index (Phi) is 4.47. The molecule has 1 N–H and O–H groups in total. The predicted octanol–water partition coefficient (Wildman–Crippen LogP) is 3.04. The van der Waals surface area contributed by atoms with E-state index in [9.17, 15) is 4.79 Å². The number of hydrogen-bond donors (Lipinski definition) is 1. The highest BCUT2D eigenvalue weighted by atomic mass is 16.2. The summed E-state index contributed by atoms with van der Waals surface area (Å²) < 4.78 is 0. The van der Waals surface area contributed by atoms with Gasteiger partial charge in [0.05, 0.1) is 6.61 Å². The molecule has 17 heavy (non-hydrogen) atoms. The molecular weight excluding hydrogens is 212 g/mol. The number of hydrogen-bond acceptors (Lipinski definition) is 2. The lowest BCUT2D eigenvalue weighted by molar-refractivity contribution is -0.117. The van der Waals surface area contributed by atoms with Crippen LogP contribution >= 0.6 is 0 Å². The summed E-state index contributed by atoms with van der Waals surface area (Å²) in [6.07, 6.45) is 8.29. The van der Waals surface area contributed by atoms with Gasteiger partial charge in [0.2, 0.25) is 0 Å². The van der Waals surface area contributed by atoms with Crippen molar-refractivity contribution in [3.05, 3.63) is 35.5 Å². The summed E-state index contributed by atoms with van der Waals surface area (Å²) in [5.41, 5.74) is 2.15. The van der Waals surface area contributed by atoms with E-state index in [2.05, 4.69) is 19.9 Å². The van der Waals surface area contributed by atoms with E-state index in [0.717, 1.165) is 11.1 Å². The van der Waals surface area contributed by atoms with Gasteiger partial charge in [-0.25, -0.2) is 0 Å². The lowest BCUT2D eigenvalue weighted by Crippen LogP contribution is -2.30. The molecule has 1 aliphatic rings. The van der Waals surface area contributed by atoms with E-state index in [1.807, 2.05) is 19.9 Å². The average molecular weight is 234 g/mol. The van der Waals surface area contributed by atoms with Crippen molar-refractivity contribution in [2.75, 3.05) is 6.61 Å². The van der Waals surface area contributed by atoms with Gasteiger partial charge >= 0.3 is 0 Å². The molecule has 0 aromatic carbocycles. The van der Waals surface area contributed by atoms with Crippen LogP contribution in [0.2, 0.25) is 0 Å². The topological polar surface area (TPSA) is 37.3 Å². The monoisotopic (exact) mass is 234 g/mol. The Hall–Kier alpha value is -1.15. The van der Waals surface area contributed by atoms with Gasteiger partial charge < -0.3 is 5.11 Å². The minimum absolute atomic E-state index is 0.0219. The smallest absolute Gasteiger partial charge is 0.156 e. The fraction of sp³-hybridized carbons (Fsp3) is 0.533. The Balaban J connectivity index is 2.92. The maximum Gasteiger partial charge on any atom is 0.156 e. The first-order chi connectivity index (χ1) is 7.86. The minimum Gasteiger partial charge on any atom is -0.392 e. The van der Waals surface area contributed by atoms with Crippen molar-refractivity contribution in [3.63, 3.8) is 0 Å². The molecule has 0 aromatic heterocycles. The van der Waals surface area contributed by atoms with Crippen LogP contribution in [0.3, 0.4) is 0 Å². The predicted molar refractivity (Wildman–Crippen MR) is 70.6 cm³/mol. The maximum atomic E-state index is 11.5. The van der Waals surface area contributed by atoms with Crippen molar-refractivity contribution in [1.29, 1.82) is 0 Å². The molecule has 1 aliphatic carbocycles. The van der Waals surface area contributed by atoms with E-state index in [1.165, 1.54) is 0 Å². The zero-order chi connectivity index (χ0) is 13.1. The molecule has 0 aliphatic heterocycles. The van der Waals surface area contributed by atoms with Crippen LogP contribution < -0.4 is 0 Å². The van der Waals surface area contributed by atoms with E-state index in [-0.39, 0.29) is 17.8 Å². The Morgan fingerprint density at radius 3 is 2.76 bits per heavy atom. The summed E-state index contributed by atoms with van der Waals surface area (Å²) in [4.78, 5) is 11.5. The number of aliphatic hydroxyl groups is 1. The molecule has 0 saturated carbocycles. The van der Waals surface area contributed by atoms with E-state index >= 15 is 0 Å². The van der Waals surface area contributed by atoms with E-state index in [1.54, 1.807) is 12.2 Å². The number of aliphatic hydroxyl groups excluding tert-OH is 1. The molecule has 0 bridgehead atoms. The highest BCUT2D eigenvalue weighted by Crippen LogP contribution is 2.40. The molecule has 1 rings (SSSR count). The van der Waals surface area contributed by atoms with Crippen LogP contribution in [0.25, 0.3) is 0 Å². The molecule has 2 heteroatoms. The lowest BCUT2D eigenvalue weighted by Gasteiger charge is -2.35. The average Bonchev–Trinajstić information content (AvgIpc) is 2.14. The molecule has 0 radical (unpaired) electrons. The summed E-state index contributed by atoms with van der Waals surface area (Å²) in [7, 11) is 0. The van der Waals surface area contributed by atoms with Crippen LogP contribution in [0, 0.1) is 11.3 Å². The largest absolute Gasteiger partial charge is 0.392 e. The van der Waals surface area contributed by atoms with Gasteiger partial charge in [0.15, 0.2) is 5.78 Å². The van der Waals surface area contributed by atoms with Crippen LogP contribution in [-0.4, -0.2) is 17.5 Å². The zero-order valence-corrected chi connectivity index (χ0v) is 11.2. The Labute approximate surface area is 104 Å². The van der Waals surface area contributed by atoms with Crippen molar-refractivity contribution in [3.8, 4) is 0 Å². The van der Waals surface area contributed by atoms with Gasteiger partial charge in [-0.2, -0.15) is 0 Å². The molecule has 1 unspecified atom stereocenters. The third-order valence-electron chi connectivity index (χ3n) is 3.32. The molecule has 0 heterocycles. The molecule has 2 nitrogen and oxygen atoms in total. The molecule has 0 fully saturated rings. The lowest BCUT2D eigenvalue weighted by atomic mass is 9.68. The van der Waals surface area contributed by atoms with Gasteiger partial charge in [-0.05, 0) is 25.3 Å². The zero-order valence-electron chi connectivity index (χ0n) is 11.2. The number of rotatable bonds is 3. The van der Waals surface area contributed by atoms with Crippen LogP contribution in [0.15, 0.2) is 35.5 Å². The number of carbonyl (C=O) groups excluding carboxylic acids is 1. The number of ketones is 1. The Morgan fingerprint density at radius 1 is 1.59 bits per heavy atom. The van der Waals surface area contributed by atoms with Crippen molar-refractivity contribution in [1.82, 2.24) is 0 Å². The number of carbonyl (C=O) groups is 1. The molecule has 0 aromatic rings. The summed E-state index contributed by atoms with van der Waals surface area (Å²) in [6, 6.07) is 0. The molecule has 0 spiro atoms. The number of allylic oxidation sites excluding steroid dienone is 5. The first-order valence-electron chi connectivity index (χ1n) is 6.03. The first-order valence-corrected chi connectivity index (χ1v) is 6.03. The van der Waals surface area contributed by atoms with Gasteiger partial charge in [-0.3, -0.25) is 4.79 Å². The Morgan fingerprint density at radius 2 is 2.24 bits per heavy atom. The fourth-order valence-electron chi connectivity index (χ4n) is 2.44. The quantitative estimate of drug-likeness (QED) is 0.762. The first kappa shape index (κ1) is 13.9. The SMILES string of the molecule is CC1=CC(=O)CC(C)(C)C1/C=C/C(C)=C\CO.